The first-order valence-corrected chi connectivity index (χ1v) is 6.09. The molecule has 0 radical (unpaired) electrons. The van der Waals surface area contributed by atoms with E-state index in [1.165, 1.54) is 24.9 Å². The van der Waals surface area contributed by atoms with E-state index < -0.39 is 0 Å². The zero-order chi connectivity index (χ0) is 11.5. The Balaban J connectivity index is 2.12. The zero-order valence-corrected chi connectivity index (χ0v) is 10.5. The van der Waals surface area contributed by atoms with Crippen LogP contribution in [0.1, 0.15) is 31.4 Å². The Labute approximate surface area is 98.1 Å². The van der Waals surface area contributed by atoms with Gasteiger partial charge in [0.05, 0.1) is 0 Å². The molecule has 0 saturated carbocycles. The van der Waals surface area contributed by atoms with Crippen molar-refractivity contribution in [2.75, 3.05) is 32.1 Å². The molecule has 1 aliphatic rings. The van der Waals surface area contributed by atoms with Crippen LogP contribution >= 0.6 is 0 Å². The molecule has 1 aromatic heterocycles. The Kier molecular flexibility index (Phi) is 3.44. The molecule has 2 rings (SSSR count). The zero-order valence-electron chi connectivity index (χ0n) is 10.5. The first kappa shape index (κ1) is 11.4. The molecule has 3 heteroatoms. The van der Waals surface area contributed by atoms with Gasteiger partial charge in [0.25, 0.3) is 0 Å². The molecule has 0 N–H and O–H groups in total. The lowest BCUT2D eigenvalue weighted by atomic mass is 10.1. The maximum atomic E-state index is 4.53. The molecule has 0 aliphatic carbocycles. The highest BCUT2D eigenvalue weighted by atomic mass is 15.2. The van der Waals surface area contributed by atoms with Gasteiger partial charge < -0.3 is 4.90 Å². The van der Waals surface area contributed by atoms with Crippen molar-refractivity contribution in [3.8, 4) is 0 Å². The third-order valence-corrected chi connectivity index (χ3v) is 3.54. The van der Waals surface area contributed by atoms with Crippen LogP contribution in [0.25, 0.3) is 0 Å². The van der Waals surface area contributed by atoms with E-state index >= 15 is 0 Å². The van der Waals surface area contributed by atoms with Crippen molar-refractivity contribution in [2.45, 2.75) is 25.8 Å². The van der Waals surface area contributed by atoms with Crippen LogP contribution in [-0.4, -0.2) is 37.1 Å². The van der Waals surface area contributed by atoms with E-state index in [0.717, 1.165) is 12.4 Å². The average Bonchev–Trinajstić information content (AvgIpc) is 2.75. The quantitative estimate of drug-likeness (QED) is 0.777. The summed E-state index contributed by atoms with van der Waals surface area (Å²) in [6.45, 7) is 4.34. The van der Waals surface area contributed by atoms with E-state index in [-0.39, 0.29) is 0 Å². The normalized spacial score (nSPS) is 21.3. The molecule has 1 aliphatic heterocycles. The van der Waals surface area contributed by atoms with Gasteiger partial charge in [0.1, 0.15) is 5.82 Å². The van der Waals surface area contributed by atoms with Gasteiger partial charge in [0, 0.05) is 25.8 Å². The van der Waals surface area contributed by atoms with Gasteiger partial charge in [0.2, 0.25) is 0 Å². The molecule has 0 amide bonds. The highest BCUT2D eigenvalue weighted by molar-refractivity contribution is 5.38. The van der Waals surface area contributed by atoms with Crippen LogP contribution in [0, 0.1) is 0 Å². The fraction of sp³-hybridized carbons (Fsp3) is 0.615. The second-order valence-corrected chi connectivity index (χ2v) is 4.60. The summed E-state index contributed by atoms with van der Waals surface area (Å²) in [5, 5.41) is 0. The first-order valence-electron chi connectivity index (χ1n) is 6.09. The highest BCUT2D eigenvalue weighted by Gasteiger charge is 2.22. The lowest BCUT2D eigenvalue weighted by Crippen LogP contribution is -2.19. The van der Waals surface area contributed by atoms with Crippen LogP contribution in [0.4, 0.5) is 5.82 Å². The van der Waals surface area contributed by atoms with Gasteiger partial charge >= 0.3 is 0 Å². The number of hydrogen-bond donors (Lipinski definition) is 0. The number of anilines is 1. The number of likely N-dealkylation sites (tertiary alicyclic amines) is 1. The second-order valence-electron chi connectivity index (χ2n) is 4.60. The van der Waals surface area contributed by atoms with Crippen molar-refractivity contribution in [3.05, 3.63) is 23.9 Å². The van der Waals surface area contributed by atoms with Gasteiger partial charge in [-0.1, -0.05) is 6.07 Å². The molecule has 2 heterocycles. The number of rotatable bonds is 3. The van der Waals surface area contributed by atoms with Gasteiger partial charge in [-0.05, 0) is 45.0 Å². The standard InChI is InChI=1S/C13H21N3/c1-4-15(2)13-8-7-11(10-14-13)12-6-5-9-16(12)3/h7-8,10,12H,4-6,9H2,1-3H3. The fourth-order valence-electron chi connectivity index (χ4n) is 2.31. The Morgan fingerprint density at radius 1 is 1.50 bits per heavy atom. The molecule has 1 unspecified atom stereocenters. The summed E-state index contributed by atoms with van der Waals surface area (Å²) in [7, 11) is 4.27. The summed E-state index contributed by atoms with van der Waals surface area (Å²) in [5.41, 5.74) is 1.35. The number of pyridine rings is 1. The first-order chi connectivity index (χ1) is 7.72. The lowest BCUT2D eigenvalue weighted by molar-refractivity contribution is 0.317. The summed E-state index contributed by atoms with van der Waals surface area (Å²) in [6, 6.07) is 4.93. The van der Waals surface area contributed by atoms with Crippen LogP contribution in [0.3, 0.4) is 0 Å². The predicted molar refractivity (Wildman–Crippen MR) is 67.8 cm³/mol. The van der Waals surface area contributed by atoms with Crippen LogP contribution < -0.4 is 4.90 Å². The van der Waals surface area contributed by atoms with Crippen molar-refractivity contribution in [2.24, 2.45) is 0 Å². The Hall–Kier alpha value is -1.09. The smallest absolute Gasteiger partial charge is 0.128 e. The SMILES string of the molecule is CCN(C)c1ccc(C2CCCN2C)cn1. The average molecular weight is 219 g/mol. The summed E-state index contributed by atoms with van der Waals surface area (Å²) in [4.78, 5) is 9.10. The van der Waals surface area contributed by atoms with Crippen LogP contribution in [0.15, 0.2) is 18.3 Å². The summed E-state index contributed by atoms with van der Waals surface area (Å²) >= 11 is 0. The van der Waals surface area contributed by atoms with Crippen LogP contribution in [-0.2, 0) is 0 Å². The Bertz CT molecular complexity index is 334. The monoisotopic (exact) mass is 219 g/mol. The second kappa shape index (κ2) is 4.83. The molecule has 1 fully saturated rings. The highest BCUT2D eigenvalue weighted by Crippen LogP contribution is 2.30. The number of nitrogens with zero attached hydrogens (tertiary/aromatic N) is 3. The maximum Gasteiger partial charge on any atom is 0.128 e. The maximum absolute atomic E-state index is 4.53. The van der Waals surface area contributed by atoms with Crippen molar-refractivity contribution >= 4 is 5.82 Å². The molecule has 16 heavy (non-hydrogen) atoms. The van der Waals surface area contributed by atoms with E-state index in [1.807, 2.05) is 6.20 Å². The van der Waals surface area contributed by atoms with E-state index in [1.54, 1.807) is 0 Å². The van der Waals surface area contributed by atoms with Crippen LogP contribution in [0.2, 0.25) is 0 Å². The van der Waals surface area contributed by atoms with Crippen molar-refractivity contribution in [3.63, 3.8) is 0 Å². The third-order valence-electron chi connectivity index (χ3n) is 3.54. The van der Waals surface area contributed by atoms with Gasteiger partial charge in [-0.25, -0.2) is 4.98 Å². The lowest BCUT2D eigenvalue weighted by Gasteiger charge is -2.21. The minimum atomic E-state index is 0.577. The Morgan fingerprint density at radius 2 is 2.31 bits per heavy atom. The van der Waals surface area contributed by atoms with Gasteiger partial charge in [-0.2, -0.15) is 0 Å². The molecule has 3 nitrogen and oxygen atoms in total. The predicted octanol–water partition coefficient (Wildman–Crippen LogP) is 2.30. The Morgan fingerprint density at radius 3 is 2.81 bits per heavy atom. The molecular weight excluding hydrogens is 198 g/mol. The molecule has 1 atom stereocenters. The third kappa shape index (κ3) is 2.19. The van der Waals surface area contributed by atoms with E-state index in [4.69, 9.17) is 0 Å². The van der Waals surface area contributed by atoms with Crippen LogP contribution in [0.5, 0.6) is 0 Å². The van der Waals surface area contributed by atoms with Gasteiger partial charge in [-0.3, -0.25) is 4.90 Å². The van der Waals surface area contributed by atoms with E-state index in [9.17, 15) is 0 Å². The van der Waals surface area contributed by atoms with Crippen molar-refractivity contribution in [1.29, 1.82) is 0 Å². The summed E-state index contributed by atoms with van der Waals surface area (Å²) in [6.07, 6.45) is 4.60. The molecule has 0 aromatic carbocycles. The number of aromatic nitrogens is 1. The topological polar surface area (TPSA) is 19.4 Å². The van der Waals surface area contributed by atoms with Crippen molar-refractivity contribution < 1.29 is 0 Å². The minimum Gasteiger partial charge on any atom is -0.360 e. The molecule has 0 bridgehead atoms. The molecule has 88 valence electrons. The summed E-state index contributed by atoms with van der Waals surface area (Å²) in [5.74, 6) is 1.06. The number of hydrogen-bond acceptors (Lipinski definition) is 3. The molecule has 1 aromatic rings. The van der Waals surface area contributed by atoms with E-state index in [2.05, 4.69) is 47.9 Å². The summed E-state index contributed by atoms with van der Waals surface area (Å²) < 4.78 is 0. The van der Waals surface area contributed by atoms with Gasteiger partial charge in [-0.15, -0.1) is 0 Å². The van der Waals surface area contributed by atoms with Gasteiger partial charge in [0.15, 0.2) is 0 Å². The minimum absolute atomic E-state index is 0.577. The van der Waals surface area contributed by atoms with Crippen molar-refractivity contribution in [1.82, 2.24) is 9.88 Å². The molecule has 0 spiro atoms. The van der Waals surface area contributed by atoms with E-state index in [0.29, 0.717) is 6.04 Å². The largest absolute Gasteiger partial charge is 0.360 e. The fourth-order valence-corrected chi connectivity index (χ4v) is 2.31. The molecular formula is C13H21N3. The molecule has 1 saturated heterocycles.